The molecule has 0 aliphatic rings. The monoisotopic (exact) mass is 394 g/mol. The molecule has 3 aromatic rings. The fourth-order valence-electron chi connectivity index (χ4n) is 2.94. The van der Waals surface area contributed by atoms with Gasteiger partial charge in [-0.1, -0.05) is 55.5 Å². The number of ether oxygens (including phenoxy) is 1. The zero-order chi connectivity index (χ0) is 19.9. The summed E-state index contributed by atoms with van der Waals surface area (Å²) < 4.78 is 5.50. The molecule has 0 aliphatic carbocycles. The first-order chi connectivity index (χ1) is 13.6. The van der Waals surface area contributed by atoms with E-state index in [9.17, 15) is 9.59 Å². The SMILES string of the molecule is CC[C@@H](C(=O)OCc1csc(N(C(C)=O)c2ccccc2)n1)c1ccccc1. The summed E-state index contributed by atoms with van der Waals surface area (Å²) in [6.07, 6.45) is 0.664. The third-order valence-electron chi connectivity index (χ3n) is 4.32. The molecule has 28 heavy (non-hydrogen) atoms. The van der Waals surface area contributed by atoms with Crippen molar-refractivity contribution >= 4 is 34.0 Å². The van der Waals surface area contributed by atoms with Gasteiger partial charge in [-0.3, -0.25) is 14.5 Å². The van der Waals surface area contributed by atoms with Crippen LogP contribution in [0.15, 0.2) is 66.0 Å². The molecule has 2 aromatic carbocycles. The summed E-state index contributed by atoms with van der Waals surface area (Å²) in [7, 11) is 0. The Morgan fingerprint density at radius 3 is 2.32 bits per heavy atom. The molecule has 1 aromatic heterocycles. The van der Waals surface area contributed by atoms with Crippen LogP contribution in [0.25, 0.3) is 0 Å². The molecule has 0 bridgehead atoms. The van der Waals surface area contributed by atoms with Crippen molar-refractivity contribution in [1.29, 1.82) is 0 Å². The minimum Gasteiger partial charge on any atom is -0.459 e. The number of amides is 1. The van der Waals surface area contributed by atoms with E-state index in [-0.39, 0.29) is 24.4 Å². The molecule has 144 valence electrons. The zero-order valence-electron chi connectivity index (χ0n) is 15.9. The second-order valence-corrected chi connectivity index (χ2v) is 7.13. The Kier molecular flexibility index (Phi) is 6.55. The standard InChI is InChI=1S/C22H22N2O3S/c1-3-20(17-10-6-4-7-11-17)21(26)27-14-18-15-28-22(23-18)24(16(2)25)19-12-8-5-9-13-19/h4-13,15,20H,3,14H2,1-2H3/t20-/m1/s1. The summed E-state index contributed by atoms with van der Waals surface area (Å²) in [4.78, 5) is 30.7. The molecule has 1 amide bonds. The number of carbonyl (C=O) groups is 2. The molecule has 1 heterocycles. The summed E-state index contributed by atoms with van der Waals surface area (Å²) in [5.41, 5.74) is 2.32. The number of para-hydroxylation sites is 1. The fraction of sp³-hybridized carbons (Fsp3) is 0.227. The van der Waals surface area contributed by atoms with Crippen LogP contribution < -0.4 is 4.90 Å². The molecule has 0 unspecified atom stereocenters. The number of thiazole rings is 1. The Morgan fingerprint density at radius 2 is 1.71 bits per heavy atom. The second-order valence-electron chi connectivity index (χ2n) is 6.29. The summed E-state index contributed by atoms with van der Waals surface area (Å²) >= 11 is 1.35. The summed E-state index contributed by atoms with van der Waals surface area (Å²) in [6.45, 7) is 3.55. The summed E-state index contributed by atoms with van der Waals surface area (Å²) in [5, 5.41) is 2.37. The lowest BCUT2D eigenvalue weighted by atomic mass is 9.97. The topological polar surface area (TPSA) is 59.5 Å². The maximum atomic E-state index is 12.5. The number of hydrogen-bond donors (Lipinski definition) is 0. The van der Waals surface area contributed by atoms with Crippen LogP contribution in [0.4, 0.5) is 10.8 Å². The molecule has 0 saturated heterocycles. The zero-order valence-corrected chi connectivity index (χ0v) is 16.7. The van der Waals surface area contributed by atoms with Gasteiger partial charge in [0, 0.05) is 12.3 Å². The normalized spacial score (nSPS) is 11.6. The fourth-order valence-corrected chi connectivity index (χ4v) is 3.81. The molecular weight excluding hydrogens is 372 g/mol. The maximum Gasteiger partial charge on any atom is 0.313 e. The molecule has 0 fully saturated rings. The number of aromatic nitrogens is 1. The van der Waals surface area contributed by atoms with Crippen molar-refractivity contribution in [3.63, 3.8) is 0 Å². The van der Waals surface area contributed by atoms with Gasteiger partial charge in [0.2, 0.25) is 5.91 Å². The number of benzene rings is 2. The van der Waals surface area contributed by atoms with Crippen LogP contribution in [0.3, 0.4) is 0 Å². The Balaban J connectivity index is 1.69. The van der Waals surface area contributed by atoms with Crippen LogP contribution in [0, 0.1) is 0 Å². The van der Waals surface area contributed by atoms with Gasteiger partial charge in [-0.25, -0.2) is 4.98 Å². The highest BCUT2D eigenvalue weighted by Crippen LogP contribution is 2.29. The van der Waals surface area contributed by atoms with Crippen molar-refractivity contribution in [3.8, 4) is 0 Å². The molecule has 0 N–H and O–H groups in total. The quantitative estimate of drug-likeness (QED) is 0.525. The Bertz CT molecular complexity index is 925. The molecule has 0 saturated carbocycles. The maximum absolute atomic E-state index is 12.5. The van der Waals surface area contributed by atoms with E-state index < -0.39 is 0 Å². The molecule has 1 atom stereocenters. The molecule has 0 spiro atoms. The molecular formula is C22H22N2O3S. The van der Waals surface area contributed by atoms with E-state index >= 15 is 0 Å². The molecule has 6 heteroatoms. The van der Waals surface area contributed by atoms with Gasteiger partial charge in [0.15, 0.2) is 5.13 Å². The van der Waals surface area contributed by atoms with Gasteiger partial charge < -0.3 is 4.74 Å². The van der Waals surface area contributed by atoms with Crippen molar-refractivity contribution in [3.05, 3.63) is 77.3 Å². The lowest BCUT2D eigenvalue weighted by Crippen LogP contribution is -2.22. The van der Waals surface area contributed by atoms with E-state index in [0.29, 0.717) is 17.2 Å². The van der Waals surface area contributed by atoms with Crippen LogP contribution >= 0.6 is 11.3 Å². The third kappa shape index (κ3) is 4.64. The highest BCUT2D eigenvalue weighted by atomic mass is 32.1. The number of hydrogen-bond acceptors (Lipinski definition) is 5. The number of carbonyl (C=O) groups excluding carboxylic acids is 2. The minimum atomic E-state index is -0.294. The summed E-state index contributed by atoms with van der Waals surface area (Å²) in [6, 6.07) is 19.0. The predicted molar refractivity (Wildman–Crippen MR) is 111 cm³/mol. The average molecular weight is 394 g/mol. The number of rotatable bonds is 7. The van der Waals surface area contributed by atoms with E-state index in [1.54, 1.807) is 4.90 Å². The minimum absolute atomic E-state index is 0.0825. The largest absolute Gasteiger partial charge is 0.459 e. The van der Waals surface area contributed by atoms with Crippen LogP contribution in [0.1, 0.15) is 37.4 Å². The Labute approximate surface area is 168 Å². The van der Waals surface area contributed by atoms with Crippen molar-refractivity contribution < 1.29 is 14.3 Å². The van der Waals surface area contributed by atoms with Crippen LogP contribution in [0.5, 0.6) is 0 Å². The molecule has 0 radical (unpaired) electrons. The van der Waals surface area contributed by atoms with Gasteiger partial charge in [0.05, 0.1) is 17.3 Å². The van der Waals surface area contributed by atoms with Crippen LogP contribution in [-0.2, 0) is 20.9 Å². The van der Waals surface area contributed by atoms with E-state index in [1.807, 2.05) is 73.0 Å². The molecule has 3 rings (SSSR count). The Hall–Kier alpha value is -2.99. The van der Waals surface area contributed by atoms with E-state index in [2.05, 4.69) is 4.98 Å². The van der Waals surface area contributed by atoms with Gasteiger partial charge in [0.25, 0.3) is 0 Å². The highest BCUT2D eigenvalue weighted by molar-refractivity contribution is 7.14. The smallest absolute Gasteiger partial charge is 0.313 e. The van der Waals surface area contributed by atoms with Crippen molar-refractivity contribution in [2.24, 2.45) is 0 Å². The van der Waals surface area contributed by atoms with Gasteiger partial charge in [-0.2, -0.15) is 0 Å². The van der Waals surface area contributed by atoms with Crippen LogP contribution in [0.2, 0.25) is 0 Å². The van der Waals surface area contributed by atoms with Crippen molar-refractivity contribution in [2.45, 2.75) is 32.8 Å². The average Bonchev–Trinajstić information content (AvgIpc) is 3.17. The first-order valence-corrected chi connectivity index (χ1v) is 9.99. The van der Waals surface area contributed by atoms with Crippen LogP contribution in [-0.4, -0.2) is 16.9 Å². The van der Waals surface area contributed by atoms with Gasteiger partial charge in [-0.15, -0.1) is 11.3 Å². The van der Waals surface area contributed by atoms with E-state index in [0.717, 1.165) is 11.3 Å². The van der Waals surface area contributed by atoms with Gasteiger partial charge >= 0.3 is 5.97 Å². The predicted octanol–water partition coefficient (Wildman–Crippen LogP) is 5.06. The molecule has 0 aliphatic heterocycles. The van der Waals surface area contributed by atoms with Gasteiger partial charge in [-0.05, 0) is 24.1 Å². The summed E-state index contributed by atoms with van der Waals surface area (Å²) in [5.74, 6) is -0.689. The number of anilines is 2. The lowest BCUT2D eigenvalue weighted by molar-refractivity contribution is -0.147. The Morgan fingerprint density at radius 1 is 1.07 bits per heavy atom. The van der Waals surface area contributed by atoms with E-state index in [4.69, 9.17) is 4.74 Å². The van der Waals surface area contributed by atoms with E-state index in [1.165, 1.54) is 18.3 Å². The molecule has 5 nitrogen and oxygen atoms in total. The van der Waals surface area contributed by atoms with Gasteiger partial charge in [0.1, 0.15) is 6.61 Å². The second kappa shape index (κ2) is 9.28. The first-order valence-electron chi connectivity index (χ1n) is 9.12. The third-order valence-corrected chi connectivity index (χ3v) is 5.19. The number of esters is 1. The number of nitrogens with zero attached hydrogens (tertiary/aromatic N) is 2. The lowest BCUT2D eigenvalue weighted by Gasteiger charge is -2.17. The van der Waals surface area contributed by atoms with Crippen molar-refractivity contribution in [2.75, 3.05) is 4.90 Å². The first kappa shape index (κ1) is 19.8. The van der Waals surface area contributed by atoms with Crippen molar-refractivity contribution in [1.82, 2.24) is 4.98 Å². The highest BCUT2D eigenvalue weighted by Gasteiger charge is 2.21.